The van der Waals surface area contributed by atoms with Crippen molar-refractivity contribution < 1.29 is 14.3 Å². The Balaban J connectivity index is 2.30. The van der Waals surface area contributed by atoms with Crippen molar-refractivity contribution in [3.05, 3.63) is 11.8 Å². The van der Waals surface area contributed by atoms with Crippen molar-refractivity contribution in [2.75, 3.05) is 0 Å². The maximum atomic E-state index is 10.6. The fourth-order valence-corrected chi connectivity index (χ4v) is 0.930. The van der Waals surface area contributed by atoms with Crippen LogP contribution in [0.15, 0.2) is 11.8 Å². The standard InChI is InChI=1S/C8H10O3/c9-6-2-1-3-7-4-5-8(10)11-7/h3,6H,1-2,4-5H2/b7-3+. The molecular formula is C8H10O3. The maximum Gasteiger partial charge on any atom is 0.311 e. The van der Waals surface area contributed by atoms with Crippen molar-refractivity contribution in [2.45, 2.75) is 25.7 Å². The van der Waals surface area contributed by atoms with Crippen LogP contribution in [0.25, 0.3) is 0 Å². The van der Waals surface area contributed by atoms with Gasteiger partial charge in [0.15, 0.2) is 0 Å². The van der Waals surface area contributed by atoms with Crippen molar-refractivity contribution in [3.63, 3.8) is 0 Å². The van der Waals surface area contributed by atoms with E-state index in [1.165, 1.54) is 0 Å². The highest BCUT2D eigenvalue weighted by Gasteiger charge is 2.15. The van der Waals surface area contributed by atoms with E-state index in [0.717, 1.165) is 12.0 Å². The normalized spacial score (nSPS) is 20.4. The summed E-state index contributed by atoms with van der Waals surface area (Å²) in [4.78, 5) is 20.5. The van der Waals surface area contributed by atoms with E-state index in [1.54, 1.807) is 6.08 Å². The highest BCUT2D eigenvalue weighted by Crippen LogP contribution is 2.17. The Hall–Kier alpha value is -1.12. The third-order valence-electron chi connectivity index (χ3n) is 1.48. The molecule has 0 atom stereocenters. The molecule has 0 spiro atoms. The Labute approximate surface area is 65.0 Å². The smallest absolute Gasteiger partial charge is 0.311 e. The van der Waals surface area contributed by atoms with Crippen LogP contribution in [0.1, 0.15) is 25.7 Å². The lowest BCUT2D eigenvalue weighted by atomic mass is 10.2. The Morgan fingerprint density at radius 1 is 1.36 bits per heavy atom. The first-order valence-electron chi connectivity index (χ1n) is 3.66. The summed E-state index contributed by atoms with van der Waals surface area (Å²) in [5, 5.41) is 0. The van der Waals surface area contributed by atoms with Gasteiger partial charge in [0, 0.05) is 12.8 Å². The van der Waals surface area contributed by atoms with Gasteiger partial charge in [-0.25, -0.2) is 0 Å². The summed E-state index contributed by atoms with van der Waals surface area (Å²) < 4.78 is 4.81. The van der Waals surface area contributed by atoms with Crippen LogP contribution < -0.4 is 0 Å². The van der Waals surface area contributed by atoms with Gasteiger partial charge in [-0.2, -0.15) is 0 Å². The summed E-state index contributed by atoms with van der Waals surface area (Å²) >= 11 is 0. The minimum absolute atomic E-state index is 0.164. The van der Waals surface area contributed by atoms with Gasteiger partial charge in [0.25, 0.3) is 0 Å². The molecule has 1 aliphatic rings. The SMILES string of the molecule is O=CCC/C=C1\CCC(=O)O1. The first kappa shape index (κ1) is 7.98. The summed E-state index contributed by atoms with van der Waals surface area (Å²) in [6, 6.07) is 0. The molecule has 0 aromatic rings. The molecule has 0 aliphatic carbocycles. The molecular weight excluding hydrogens is 144 g/mol. The molecule has 3 heteroatoms. The zero-order valence-corrected chi connectivity index (χ0v) is 6.21. The van der Waals surface area contributed by atoms with E-state index in [0.29, 0.717) is 25.7 Å². The Kier molecular flexibility index (Phi) is 2.83. The number of aldehydes is 1. The van der Waals surface area contributed by atoms with Gasteiger partial charge in [-0.3, -0.25) is 4.79 Å². The number of esters is 1. The summed E-state index contributed by atoms with van der Waals surface area (Å²) in [5.74, 6) is 0.555. The molecule has 0 N–H and O–H groups in total. The highest BCUT2D eigenvalue weighted by molar-refractivity contribution is 5.73. The fourth-order valence-electron chi connectivity index (χ4n) is 0.930. The molecule has 0 amide bonds. The molecule has 1 heterocycles. The Bertz CT molecular complexity index is 194. The predicted octanol–water partition coefficient (Wildman–Crippen LogP) is 1.19. The number of rotatable bonds is 3. The number of ether oxygens (including phenoxy) is 1. The van der Waals surface area contributed by atoms with Crippen LogP contribution in [-0.2, 0) is 14.3 Å². The van der Waals surface area contributed by atoms with E-state index in [-0.39, 0.29) is 5.97 Å². The number of unbranched alkanes of at least 4 members (excludes halogenated alkanes) is 1. The molecule has 3 nitrogen and oxygen atoms in total. The zero-order valence-electron chi connectivity index (χ0n) is 6.21. The first-order valence-corrected chi connectivity index (χ1v) is 3.66. The van der Waals surface area contributed by atoms with Gasteiger partial charge >= 0.3 is 5.97 Å². The molecule has 1 fully saturated rings. The van der Waals surface area contributed by atoms with Crippen molar-refractivity contribution in [1.82, 2.24) is 0 Å². The predicted molar refractivity (Wildman–Crippen MR) is 38.7 cm³/mol. The van der Waals surface area contributed by atoms with Crippen molar-refractivity contribution in [3.8, 4) is 0 Å². The largest absolute Gasteiger partial charge is 0.431 e. The Morgan fingerprint density at radius 3 is 2.73 bits per heavy atom. The fraction of sp³-hybridized carbons (Fsp3) is 0.500. The van der Waals surface area contributed by atoms with Gasteiger partial charge in [-0.15, -0.1) is 0 Å². The molecule has 0 saturated carbocycles. The molecule has 0 radical (unpaired) electrons. The molecule has 60 valence electrons. The van der Waals surface area contributed by atoms with E-state index in [4.69, 9.17) is 4.74 Å². The van der Waals surface area contributed by atoms with Crippen LogP contribution in [-0.4, -0.2) is 12.3 Å². The Morgan fingerprint density at radius 2 is 2.18 bits per heavy atom. The third kappa shape index (κ3) is 2.53. The third-order valence-corrected chi connectivity index (χ3v) is 1.48. The molecule has 0 unspecified atom stereocenters. The van der Waals surface area contributed by atoms with E-state index in [2.05, 4.69) is 0 Å². The highest BCUT2D eigenvalue weighted by atomic mass is 16.5. The molecule has 11 heavy (non-hydrogen) atoms. The van der Waals surface area contributed by atoms with E-state index in [9.17, 15) is 9.59 Å². The zero-order chi connectivity index (χ0) is 8.10. The second-order valence-electron chi connectivity index (χ2n) is 2.39. The second kappa shape index (κ2) is 3.91. The van der Waals surface area contributed by atoms with Gasteiger partial charge in [0.2, 0.25) is 0 Å². The summed E-state index contributed by atoms with van der Waals surface area (Å²) in [7, 11) is 0. The summed E-state index contributed by atoms with van der Waals surface area (Å²) in [5.41, 5.74) is 0. The maximum absolute atomic E-state index is 10.6. The van der Waals surface area contributed by atoms with Gasteiger partial charge in [-0.1, -0.05) is 0 Å². The van der Waals surface area contributed by atoms with Gasteiger partial charge < -0.3 is 9.53 Å². The lowest BCUT2D eigenvalue weighted by Crippen LogP contribution is -1.89. The number of allylic oxidation sites excluding steroid dienone is 2. The molecule has 1 rings (SSSR count). The number of hydrogen-bond acceptors (Lipinski definition) is 3. The lowest BCUT2D eigenvalue weighted by molar-refractivity contribution is -0.135. The minimum atomic E-state index is -0.164. The van der Waals surface area contributed by atoms with E-state index in [1.807, 2.05) is 0 Å². The van der Waals surface area contributed by atoms with Crippen LogP contribution >= 0.6 is 0 Å². The van der Waals surface area contributed by atoms with Crippen molar-refractivity contribution in [1.29, 1.82) is 0 Å². The van der Waals surface area contributed by atoms with Gasteiger partial charge in [0.05, 0.1) is 6.42 Å². The molecule has 0 aromatic heterocycles. The molecule has 1 saturated heterocycles. The van der Waals surface area contributed by atoms with E-state index < -0.39 is 0 Å². The number of cyclic esters (lactones) is 1. The average molecular weight is 154 g/mol. The second-order valence-corrected chi connectivity index (χ2v) is 2.39. The average Bonchev–Trinajstić information content (AvgIpc) is 2.37. The van der Waals surface area contributed by atoms with Gasteiger partial charge in [-0.05, 0) is 12.5 Å². The van der Waals surface area contributed by atoms with Gasteiger partial charge in [0.1, 0.15) is 12.0 Å². The first-order chi connectivity index (χ1) is 5.33. The quantitative estimate of drug-likeness (QED) is 0.348. The molecule has 0 aromatic carbocycles. The molecule has 0 bridgehead atoms. The number of carbonyl (C=O) groups excluding carboxylic acids is 2. The monoisotopic (exact) mass is 154 g/mol. The summed E-state index contributed by atoms with van der Waals surface area (Å²) in [6.07, 6.45) is 5.00. The van der Waals surface area contributed by atoms with Crippen LogP contribution in [0.4, 0.5) is 0 Å². The number of carbonyl (C=O) groups is 2. The van der Waals surface area contributed by atoms with E-state index >= 15 is 0 Å². The lowest BCUT2D eigenvalue weighted by Gasteiger charge is -1.92. The van der Waals surface area contributed by atoms with Crippen LogP contribution in [0.5, 0.6) is 0 Å². The van der Waals surface area contributed by atoms with Crippen molar-refractivity contribution in [2.24, 2.45) is 0 Å². The number of hydrogen-bond donors (Lipinski definition) is 0. The summed E-state index contributed by atoms with van der Waals surface area (Å²) in [6.45, 7) is 0. The van der Waals surface area contributed by atoms with Crippen LogP contribution in [0.3, 0.4) is 0 Å². The van der Waals surface area contributed by atoms with Crippen LogP contribution in [0.2, 0.25) is 0 Å². The topological polar surface area (TPSA) is 43.4 Å². The minimum Gasteiger partial charge on any atom is -0.431 e. The van der Waals surface area contributed by atoms with Crippen LogP contribution in [0, 0.1) is 0 Å². The molecule has 1 aliphatic heterocycles. The van der Waals surface area contributed by atoms with Crippen molar-refractivity contribution >= 4 is 12.3 Å².